The molecule has 6 nitrogen and oxygen atoms in total. The molecule has 0 fully saturated rings. The third-order valence-electron chi connectivity index (χ3n) is 3.10. The Morgan fingerprint density at radius 1 is 1.19 bits per heavy atom. The maximum atomic E-state index is 12.2. The number of benzene rings is 1. The first-order valence-corrected chi connectivity index (χ1v) is 8.39. The quantitative estimate of drug-likeness (QED) is 0.634. The number of nitrogens with two attached hydrogens (primary N) is 1. The van der Waals surface area contributed by atoms with E-state index in [1.807, 2.05) is 0 Å². The molecule has 0 aromatic heterocycles. The van der Waals surface area contributed by atoms with E-state index < -0.39 is 10.0 Å². The number of sulfonamides is 1. The zero-order valence-corrected chi connectivity index (χ0v) is 13.4. The van der Waals surface area contributed by atoms with E-state index in [1.165, 1.54) is 13.2 Å². The van der Waals surface area contributed by atoms with Crippen molar-refractivity contribution in [1.82, 2.24) is 4.72 Å². The van der Waals surface area contributed by atoms with E-state index in [2.05, 4.69) is 4.72 Å². The largest absolute Gasteiger partial charge is 0.496 e. The Labute approximate surface area is 126 Å². The van der Waals surface area contributed by atoms with Crippen molar-refractivity contribution in [2.45, 2.75) is 30.7 Å². The van der Waals surface area contributed by atoms with Gasteiger partial charge in [0, 0.05) is 32.4 Å². The molecule has 21 heavy (non-hydrogen) atoms. The minimum atomic E-state index is -3.50. The van der Waals surface area contributed by atoms with Crippen LogP contribution in [0.25, 0.3) is 0 Å². The van der Waals surface area contributed by atoms with Crippen molar-refractivity contribution < 1.29 is 17.9 Å². The molecule has 0 bridgehead atoms. The predicted octanol–water partition coefficient (Wildman–Crippen LogP) is 1.25. The van der Waals surface area contributed by atoms with Crippen molar-refractivity contribution >= 4 is 10.0 Å². The molecule has 0 spiro atoms. The summed E-state index contributed by atoms with van der Waals surface area (Å²) in [5, 5.41) is 0. The molecule has 0 aliphatic carbocycles. The van der Waals surface area contributed by atoms with Gasteiger partial charge in [-0.15, -0.1) is 0 Å². The zero-order chi connectivity index (χ0) is 15.7. The summed E-state index contributed by atoms with van der Waals surface area (Å²) in [7, 11) is -0.320. The first-order chi connectivity index (χ1) is 10.0. The Bertz CT molecular complexity index is 532. The third kappa shape index (κ3) is 5.62. The highest BCUT2D eigenvalue weighted by atomic mass is 32.2. The summed E-state index contributed by atoms with van der Waals surface area (Å²) in [4.78, 5) is 0.209. The van der Waals surface area contributed by atoms with Crippen molar-refractivity contribution in [3.05, 3.63) is 23.8 Å². The highest BCUT2D eigenvalue weighted by molar-refractivity contribution is 7.89. The fourth-order valence-electron chi connectivity index (χ4n) is 1.92. The summed E-state index contributed by atoms with van der Waals surface area (Å²) in [6, 6.07) is 4.69. The van der Waals surface area contributed by atoms with Crippen LogP contribution < -0.4 is 15.2 Å². The van der Waals surface area contributed by atoms with Gasteiger partial charge in [-0.25, -0.2) is 13.1 Å². The molecule has 0 atom stereocenters. The molecule has 0 aliphatic rings. The Kier molecular flexibility index (Phi) is 7.66. The molecule has 0 heterocycles. The van der Waals surface area contributed by atoms with E-state index in [1.54, 1.807) is 19.2 Å². The van der Waals surface area contributed by atoms with Gasteiger partial charge in [0.1, 0.15) is 5.75 Å². The number of unbranched alkanes of at least 4 members (excludes halogenated alkanes) is 2. The highest BCUT2D eigenvalue weighted by Crippen LogP contribution is 2.21. The molecule has 0 saturated heterocycles. The van der Waals surface area contributed by atoms with Crippen LogP contribution in [0.2, 0.25) is 0 Å². The number of hydrogen-bond acceptors (Lipinski definition) is 5. The van der Waals surface area contributed by atoms with Crippen molar-refractivity contribution in [3.8, 4) is 5.75 Å². The Morgan fingerprint density at radius 3 is 2.57 bits per heavy atom. The molecule has 1 rings (SSSR count). The average Bonchev–Trinajstić information content (AvgIpc) is 2.49. The lowest BCUT2D eigenvalue weighted by atomic mass is 10.2. The number of methoxy groups -OCH3 is 2. The van der Waals surface area contributed by atoms with Gasteiger partial charge in [0.05, 0.1) is 12.0 Å². The fourth-order valence-corrected chi connectivity index (χ4v) is 3.04. The summed E-state index contributed by atoms with van der Waals surface area (Å²) < 4.78 is 37.0. The van der Waals surface area contributed by atoms with Crippen molar-refractivity contribution in [3.63, 3.8) is 0 Å². The molecule has 0 radical (unpaired) electrons. The van der Waals surface area contributed by atoms with Crippen LogP contribution in [0.15, 0.2) is 23.1 Å². The van der Waals surface area contributed by atoms with Gasteiger partial charge in [-0.3, -0.25) is 0 Å². The van der Waals surface area contributed by atoms with Gasteiger partial charge in [0.15, 0.2) is 0 Å². The third-order valence-corrected chi connectivity index (χ3v) is 4.56. The average molecular weight is 316 g/mol. The van der Waals surface area contributed by atoms with Crippen LogP contribution >= 0.6 is 0 Å². The van der Waals surface area contributed by atoms with Gasteiger partial charge in [-0.1, -0.05) is 0 Å². The second-order valence-corrected chi connectivity index (χ2v) is 6.40. The fraction of sp³-hybridized carbons (Fsp3) is 0.571. The van der Waals surface area contributed by atoms with Gasteiger partial charge in [0.2, 0.25) is 10.0 Å². The lowest BCUT2D eigenvalue weighted by molar-refractivity contribution is 0.192. The van der Waals surface area contributed by atoms with Gasteiger partial charge in [-0.2, -0.15) is 0 Å². The maximum absolute atomic E-state index is 12.2. The van der Waals surface area contributed by atoms with E-state index in [9.17, 15) is 8.42 Å². The number of ether oxygens (including phenoxy) is 2. The lowest BCUT2D eigenvalue weighted by Crippen LogP contribution is -2.25. The monoisotopic (exact) mass is 316 g/mol. The van der Waals surface area contributed by atoms with Gasteiger partial charge in [0.25, 0.3) is 0 Å². The Hall–Kier alpha value is -1.15. The van der Waals surface area contributed by atoms with Crippen LogP contribution in [0, 0.1) is 0 Å². The second-order valence-electron chi connectivity index (χ2n) is 4.63. The first kappa shape index (κ1) is 17.9. The van der Waals surface area contributed by atoms with Crippen LogP contribution in [0.4, 0.5) is 0 Å². The summed E-state index contributed by atoms with van der Waals surface area (Å²) in [6.07, 6.45) is 2.63. The number of hydrogen-bond donors (Lipinski definition) is 2. The molecular weight excluding hydrogens is 292 g/mol. The van der Waals surface area contributed by atoms with Crippen molar-refractivity contribution in [1.29, 1.82) is 0 Å². The minimum absolute atomic E-state index is 0.209. The summed E-state index contributed by atoms with van der Waals surface area (Å²) in [5.41, 5.74) is 6.27. The number of rotatable bonds is 10. The van der Waals surface area contributed by atoms with Gasteiger partial charge < -0.3 is 15.2 Å². The molecule has 7 heteroatoms. The number of nitrogens with one attached hydrogen (secondary N) is 1. The van der Waals surface area contributed by atoms with Crippen molar-refractivity contribution in [2.24, 2.45) is 5.73 Å². The molecule has 120 valence electrons. The van der Waals surface area contributed by atoms with E-state index >= 15 is 0 Å². The molecule has 0 amide bonds. The van der Waals surface area contributed by atoms with Crippen LogP contribution in [0.5, 0.6) is 5.75 Å². The molecule has 0 unspecified atom stereocenters. The van der Waals surface area contributed by atoms with E-state index in [0.29, 0.717) is 24.5 Å². The van der Waals surface area contributed by atoms with Gasteiger partial charge in [-0.05, 0) is 37.5 Å². The van der Waals surface area contributed by atoms with Gasteiger partial charge >= 0.3 is 0 Å². The Balaban J connectivity index is 2.62. The zero-order valence-electron chi connectivity index (χ0n) is 12.6. The highest BCUT2D eigenvalue weighted by Gasteiger charge is 2.15. The minimum Gasteiger partial charge on any atom is -0.496 e. The standard InChI is InChI=1S/C14H24N2O4S/c1-19-9-5-3-4-8-16-21(17,18)13-6-7-14(20-2)12(10-13)11-15/h6-7,10,16H,3-5,8-9,11,15H2,1-2H3. The lowest BCUT2D eigenvalue weighted by Gasteiger charge is -2.11. The van der Waals surface area contributed by atoms with Crippen LogP contribution in [0.3, 0.4) is 0 Å². The molecule has 3 N–H and O–H groups in total. The van der Waals surface area contributed by atoms with E-state index in [0.717, 1.165) is 19.3 Å². The van der Waals surface area contributed by atoms with Crippen LogP contribution in [0.1, 0.15) is 24.8 Å². The topological polar surface area (TPSA) is 90.6 Å². The first-order valence-electron chi connectivity index (χ1n) is 6.90. The predicted molar refractivity (Wildman–Crippen MR) is 81.8 cm³/mol. The van der Waals surface area contributed by atoms with E-state index in [4.69, 9.17) is 15.2 Å². The summed E-state index contributed by atoms with van der Waals surface area (Å²) in [5.74, 6) is 0.594. The van der Waals surface area contributed by atoms with E-state index in [-0.39, 0.29) is 11.4 Å². The molecular formula is C14H24N2O4S. The summed E-state index contributed by atoms with van der Waals surface area (Å²) in [6.45, 7) is 1.34. The SMILES string of the molecule is COCCCCCNS(=O)(=O)c1ccc(OC)c(CN)c1. The smallest absolute Gasteiger partial charge is 0.240 e. The normalized spacial score (nSPS) is 11.6. The molecule has 1 aromatic carbocycles. The molecule has 0 aliphatic heterocycles. The van der Waals surface area contributed by atoms with Crippen LogP contribution in [-0.4, -0.2) is 35.8 Å². The second kappa shape index (κ2) is 8.99. The molecule has 0 saturated carbocycles. The maximum Gasteiger partial charge on any atom is 0.240 e. The van der Waals surface area contributed by atoms with Crippen LogP contribution in [-0.2, 0) is 21.3 Å². The molecule has 1 aromatic rings. The van der Waals surface area contributed by atoms with Crippen molar-refractivity contribution in [2.75, 3.05) is 27.4 Å². The summed E-state index contributed by atoms with van der Waals surface area (Å²) >= 11 is 0. The Morgan fingerprint density at radius 2 is 1.95 bits per heavy atom.